The molecule has 5 aromatic carbocycles. The lowest BCUT2D eigenvalue weighted by molar-refractivity contribution is 0.0834. The number of nitriles is 1. The Morgan fingerprint density at radius 2 is 1.14 bits per heavy atom. The number of hydrogen-bond acceptors (Lipinski definition) is 4. The Kier molecular flexibility index (Phi) is 8.14. The fourth-order valence-electron chi connectivity index (χ4n) is 8.51. The Bertz CT molecular complexity index is 2080. The van der Waals surface area contributed by atoms with Gasteiger partial charge < -0.3 is 0 Å². The molecule has 4 nitrogen and oxygen atoms in total. The van der Waals surface area contributed by atoms with Crippen LogP contribution >= 0.6 is 0 Å². The summed E-state index contributed by atoms with van der Waals surface area (Å²) in [6.07, 6.45) is 6.61. The van der Waals surface area contributed by atoms with E-state index in [4.69, 9.17) is 15.0 Å². The Balaban J connectivity index is 1.24. The Hall–Kier alpha value is -5.40. The van der Waals surface area contributed by atoms with Gasteiger partial charge in [-0.3, -0.25) is 0 Å². The van der Waals surface area contributed by atoms with Crippen LogP contribution in [0.4, 0.5) is 0 Å². The van der Waals surface area contributed by atoms with Crippen LogP contribution in [0.1, 0.15) is 57.1 Å². The first-order chi connectivity index (χ1) is 23.9. The van der Waals surface area contributed by atoms with Crippen molar-refractivity contribution in [1.82, 2.24) is 15.0 Å². The molecule has 0 saturated heterocycles. The lowest BCUT2D eigenvalue weighted by Gasteiger charge is -2.47. The molecule has 2 atom stereocenters. The molecule has 3 aliphatic rings. The van der Waals surface area contributed by atoms with Crippen molar-refractivity contribution in [3.05, 3.63) is 139 Å². The van der Waals surface area contributed by atoms with Gasteiger partial charge in [-0.15, -0.1) is 0 Å². The summed E-state index contributed by atoms with van der Waals surface area (Å²) in [6.45, 7) is 4.95. The van der Waals surface area contributed by atoms with Gasteiger partial charge in [0.25, 0.3) is 0 Å². The molecule has 3 aliphatic carbocycles. The monoisotopic (exact) mass is 636 g/mol. The molecular weight excluding hydrogens is 597 g/mol. The predicted octanol–water partition coefficient (Wildman–Crippen LogP) is 11.2. The highest BCUT2D eigenvalue weighted by Gasteiger charge is 2.41. The van der Waals surface area contributed by atoms with Crippen LogP contribution in [-0.2, 0) is 5.41 Å². The fourth-order valence-corrected chi connectivity index (χ4v) is 8.51. The molecule has 0 aliphatic heterocycles. The summed E-state index contributed by atoms with van der Waals surface area (Å²) in [4.78, 5) is 14.9. The van der Waals surface area contributed by atoms with Crippen molar-refractivity contribution in [3.8, 4) is 62.5 Å². The third-order valence-corrected chi connectivity index (χ3v) is 10.8. The van der Waals surface area contributed by atoms with E-state index < -0.39 is 0 Å². The molecule has 9 rings (SSSR count). The summed E-state index contributed by atoms with van der Waals surface area (Å²) in [5.41, 5.74) is 9.61. The van der Waals surface area contributed by atoms with Crippen molar-refractivity contribution in [2.45, 2.75) is 51.4 Å². The predicted molar refractivity (Wildman–Crippen MR) is 198 cm³/mol. The Morgan fingerprint density at radius 1 is 0.551 bits per heavy atom. The van der Waals surface area contributed by atoms with E-state index in [1.54, 1.807) is 0 Å². The summed E-state index contributed by atoms with van der Waals surface area (Å²) < 4.78 is 0. The molecule has 3 saturated carbocycles. The number of rotatable bonds is 6. The van der Waals surface area contributed by atoms with Gasteiger partial charge in [-0.1, -0.05) is 117 Å². The Morgan fingerprint density at radius 3 is 1.78 bits per heavy atom. The number of benzene rings is 5. The fraction of sp³-hybridized carbons (Fsp3) is 0.244. The lowest BCUT2D eigenvalue weighted by Crippen LogP contribution is -2.38. The average Bonchev–Trinajstić information content (AvgIpc) is 3.13. The minimum absolute atomic E-state index is 0.129. The smallest absolute Gasteiger partial charge is 0.164 e. The van der Waals surface area contributed by atoms with Gasteiger partial charge in [-0.25, -0.2) is 15.0 Å². The van der Waals surface area contributed by atoms with Gasteiger partial charge in [-0.05, 0) is 107 Å². The molecule has 3 fully saturated rings. The van der Waals surface area contributed by atoms with E-state index >= 15 is 0 Å². The molecule has 0 N–H and O–H groups in total. The van der Waals surface area contributed by atoms with E-state index in [1.165, 1.54) is 43.2 Å². The zero-order chi connectivity index (χ0) is 33.4. The van der Waals surface area contributed by atoms with Crippen molar-refractivity contribution >= 4 is 0 Å². The highest BCUT2D eigenvalue weighted by molar-refractivity contribution is 5.86. The first kappa shape index (κ1) is 30.9. The number of nitrogens with zero attached hydrogens (tertiary/aromatic N) is 4. The van der Waals surface area contributed by atoms with E-state index in [2.05, 4.69) is 74.5 Å². The first-order valence-corrected chi connectivity index (χ1v) is 17.6. The highest BCUT2D eigenvalue weighted by atomic mass is 15.0. The zero-order valence-corrected chi connectivity index (χ0v) is 28.2. The van der Waals surface area contributed by atoms with Gasteiger partial charge in [0, 0.05) is 16.7 Å². The van der Waals surface area contributed by atoms with Crippen molar-refractivity contribution < 1.29 is 0 Å². The van der Waals surface area contributed by atoms with Crippen LogP contribution in [-0.4, -0.2) is 15.0 Å². The van der Waals surface area contributed by atoms with Crippen molar-refractivity contribution in [3.63, 3.8) is 0 Å². The summed E-state index contributed by atoms with van der Waals surface area (Å²) >= 11 is 0. The minimum atomic E-state index is 0.129. The van der Waals surface area contributed by atoms with Gasteiger partial charge in [0.2, 0.25) is 0 Å². The average molecular weight is 637 g/mol. The minimum Gasteiger partial charge on any atom is -0.208 e. The third kappa shape index (κ3) is 6.30. The van der Waals surface area contributed by atoms with Crippen LogP contribution in [0.25, 0.3) is 56.4 Å². The second kappa shape index (κ2) is 12.9. The molecule has 0 radical (unpaired) electrons. The molecule has 4 heteroatoms. The largest absolute Gasteiger partial charge is 0.208 e. The summed E-state index contributed by atoms with van der Waals surface area (Å²) in [6, 6.07) is 46.2. The highest BCUT2D eigenvalue weighted by Crippen LogP contribution is 2.52. The van der Waals surface area contributed by atoms with E-state index in [0.717, 1.165) is 45.2 Å². The molecule has 1 aromatic heterocycles. The van der Waals surface area contributed by atoms with E-state index in [1.807, 2.05) is 72.8 Å². The standard InChI is InChI=1S/C45H40N4/c1-30-22-32-23-33(24-32)28-45(2,27-30)39-20-21-40(41(26-39)34-18-16-31(29-46)17-19-34)37-14-9-15-38(25-37)44-48-42(35-10-5-3-6-11-35)47-43(49-44)36-12-7-4-8-13-36/h3-21,25-26,30,32-33H,22-24,27-28H2,1-2H3/t30-,32?,33?,45?/m0/s1. The second-order valence-corrected chi connectivity index (χ2v) is 14.6. The van der Waals surface area contributed by atoms with E-state index in [0.29, 0.717) is 29.0 Å². The molecule has 49 heavy (non-hydrogen) atoms. The van der Waals surface area contributed by atoms with Crippen LogP contribution in [0.5, 0.6) is 0 Å². The normalized spacial score (nSPS) is 21.5. The van der Waals surface area contributed by atoms with Crippen LogP contribution in [0, 0.1) is 29.1 Å². The van der Waals surface area contributed by atoms with Crippen molar-refractivity contribution in [2.75, 3.05) is 0 Å². The molecule has 0 spiro atoms. The maximum Gasteiger partial charge on any atom is 0.164 e. The molecule has 1 heterocycles. The van der Waals surface area contributed by atoms with Crippen molar-refractivity contribution in [1.29, 1.82) is 5.26 Å². The van der Waals surface area contributed by atoms with Gasteiger partial charge in [-0.2, -0.15) is 5.26 Å². The van der Waals surface area contributed by atoms with Crippen LogP contribution in [0.15, 0.2) is 127 Å². The van der Waals surface area contributed by atoms with Gasteiger partial charge in [0.1, 0.15) is 0 Å². The quantitative estimate of drug-likeness (QED) is 0.182. The van der Waals surface area contributed by atoms with Crippen LogP contribution in [0.3, 0.4) is 0 Å². The Labute approximate surface area is 289 Å². The second-order valence-electron chi connectivity index (χ2n) is 14.6. The van der Waals surface area contributed by atoms with Crippen LogP contribution < -0.4 is 0 Å². The maximum atomic E-state index is 9.54. The molecule has 0 amide bonds. The molecule has 6 aromatic rings. The zero-order valence-electron chi connectivity index (χ0n) is 28.2. The molecule has 1 unspecified atom stereocenters. The topological polar surface area (TPSA) is 62.5 Å². The van der Waals surface area contributed by atoms with Gasteiger partial charge in [0.05, 0.1) is 11.6 Å². The lowest BCUT2D eigenvalue weighted by atomic mass is 9.58. The summed E-state index contributed by atoms with van der Waals surface area (Å²) in [7, 11) is 0. The summed E-state index contributed by atoms with van der Waals surface area (Å²) in [5.74, 6) is 4.42. The van der Waals surface area contributed by atoms with Gasteiger partial charge >= 0.3 is 0 Å². The number of aromatic nitrogens is 3. The molecular formula is C45H40N4. The molecule has 2 bridgehead atoms. The van der Waals surface area contributed by atoms with Crippen LogP contribution in [0.2, 0.25) is 0 Å². The van der Waals surface area contributed by atoms with E-state index in [-0.39, 0.29) is 5.41 Å². The SMILES string of the molecule is C[C@H]1CC2CC(C2)CC(C)(c2ccc(-c3cccc(-c4nc(-c5ccccc5)nc(-c5ccccc5)n4)c3)c(-c3ccc(C#N)cc3)c2)C1. The number of fused-ring (bicyclic) bond motifs is 4. The van der Waals surface area contributed by atoms with Crippen molar-refractivity contribution in [2.24, 2.45) is 17.8 Å². The maximum absolute atomic E-state index is 9.54. The van der Waals surface area contributed by atoms with E-state index in [9.17, 15) is 5.26 Å². The summed E-state index contributed by atoms with van der Waals surface area (Å²) in [5, 5.41) is 9.54. The number of hydrogen-bond donors (Lipinski definition) is 0. The first-order valence-electron chi connectivity index (χ1n) is 17.6. The third-order valence-electron chi connectivity index (χ3n) is 10.8. The van der Waals surface area contributed by atoms with Gasteiger partial charge in [0.15, 0.2) is 17.5 Å². The molecule has 240 valence electrons.